The standard InChI is InChI=1S/C12H24N2O3/c1-5-14(9(2)8-16-3)12(15)11-6-10(17-4)7-13-11/h9-11,13H,5-8H2,1-4H3. The second-order valence-corrected chi connectivity index (χ2v) is 4.48. The van der Waals surface area contributed by atoms with Crippen molar-refractivity contribution in [2.24, 2.45) is 0 Å². The number of amides is 1. The SMILES string of the molecule is CCN(C(=O)C1CC(OC)CN1)C(C)COC. The number of methoxy groups -OCH3 is 2. The molecule has 0 radical (unpaired) electrons. The van der Waals surface area contributed by atoms with Gasteiger partial charge in [-0.05, 0) is 20.3 Å². The first-order valence-corrected chi connectivity index (χ1v) is 6.19. The molecule has 0 aromatic carbocycles. The van der Waals surface area contributed by atoms with Crippen LogP contribution in [0.3, 0.4) is 0 Å². The summed E-state index contributed by atoms with van der Waals surface area (Å²) in [6, 6.07) is 0.0000935. The van der Waals surface area contributed by atoms with Crippen LogP contribution in [-0.4, -0.2) is 62.9 Å². The number of carbonyl (C=O) groups excluding carboxylic acids is 1. The quantitative estimate of drug-likeness (QED) is 0.727. The zero-order valence-electron chi connectivity index (χ0n) is 11.2. The van der Waals surface area contributed by atoms with Gasteiger partial charge in [0.2, 0.25) is 5.91 Å². The molecule has 1 heterocycles. The van der Waals surface area contributed by atoms with E-state index < -0.39 is 0 Å². The summed E-state index contributed by atoms with van der Waals surface area (Å²) < 4.78 is 10.4. The molecule has 0 saturated carbocycles. The lowest BCUT2D eigenvalue weighted by Crippen LogP contribution is -2.48. The van der Waals surface area contributed by atoms with E-state index in [1.54, 1.807) is 14.2 Å². The third-order valence-corrected chi connectivity index (χ3v) is 3.29. The molecular formula is C12H24N2O3. The van der Waals surface area contributed by atoms with E-state index >= 15 is 0 Å². The van der Waals surface area contributed by atoms with Crippen LogP contribution < -0.4 is 5.32 Å². The molecule has 0 aromatic heterocycles. The minimum Gasteiger partial charge on any atom is -0.383 e. The van der Waals surface area contributed by atoms with Gasteiger partial charge in [0.25, 0.3) is 0 Å². The number of nitrogens with zero attached hydrogens (tertiary/aromatic N) is 1. The van der Waals surface area contributed by atoms with E-state index in [0.717, 1.165) is 13.0 Å². The minimum atomic E-state index is -0.112. The fourth-order valence-electron chi connectivity index (χ4n) is 2.29. The van der Waals surface area contributed by atoms with Crippen LogP contribution in [0.25, 0.3) is 0 Å². The Morgan fingerprint density at radius 3 is 2.71 bits per heavy atom. The molecule has 0 bridgehead atoms. The van der Waals surface area contributed by atoms with Gasteiger partial charge in [0, 0.05) is 27.3 Å². The van der Waals surface area contributed by atoms with Crippen LogP contribution >= 0.6 is 0 Å². The fourth-order valence-corrected chi connectivity index (χ4v) is 2.29. The van der Waals surface area contributed by atoms with Crippen molar-refractivity contribution in [1.82, 2.24) is 10.2 Å². The molecule has 1 fully saturated rings. The van der Waals surface area contributed by atoms with Crippen molar-refractivity contribution in [1.29, 1.82) is 0 Å². The third-order valence-electron chi connectivity index (χ3n) is 3.29. The number of nitrogens with one attached hydrogen (secondary N) is 1. The Morgan fingerprint density at radius 1 is 1.53 bits per heavy atom. The van der Waals surface area contributed by atoms with Gasteiger partial charge in [-0.25, -0.2) is 0 Å². The van der Waals surface area contributed by atoms with Gasteiger partial charge in [-0.2, -0.15) is 0 Å². The van der Waals surface area contributed by atoms with Crippen LogP contribution in [0.2, 0.25) is 0 Å². The Bertz CT molecular complexity index is 248. The number of ether oxygens (including phenoxy) is 2. The third kappa shape index (κ3) is 3.66. The Kier molecular flexibility index (Phi) is 5.88. The predicted molar refractivity (Wildman–Crippen MR) is 65.9 cm³/mol. The van der Waals surface area contributed by atoms with Gasteiger partial charge in [-0.1, -0.05) is 0 Å². The molecule has 1 amide bonds. The van der Waals surface area contributed by atoms with Gasteiger partial charge in [0.05, 0.1) is 24.8 Å². The Balaban J connectivity index is 2.54. The van der Waals surface area contributed by atoms with Gasteiger partial charge < -0.3 is 19.7 Å². The lowest BCUT2D eigenvalue weighted by atomic mass is 10.1. The van der Waals surface area contributed by atoms with E-state index in [4.69, 9.17) is 9.47 Å². The number of carbonyl (C=O) groups is 1. The summed E-state index contributed by atoms with van der Waals surface area (Å²) in [4.78, 5) is 14.2. The summed E-state index contributed by atoms with van der Waals surface area (Å²) in [5.74, 6) is 0.150. The first-order valence-electron chi connectivity index (χ1n) is 6.19. The topological polar surface area (TPSA) is 50.8 Å². The van der Waals surface area contributed by atoms with Crippen LogP contribution in [0.15, 0.2) is 0 Å². The van der Waals surface area contributed by atoms with E-state index in [1.807, 2.05) is 18.7 Å². The molecule has 1 rings (SSSR count). The molecule has 3 unspecified atom stereocenters. The average Bonchev–Trinajstić information content (AvgIpc) is 2.78. The van der Waals surface area contributed by atoms with Gasteiger partial charge in [0.1, 0.15) is 0 Å². The van der Waals surface area contributed by atoms with Crippen molar-refractivity contribution in [2.45, 2.75) is 38.5 Å². The Labute approximate surface area is 103 Å². The van der Waals surface area contributed by atoms with Gasteiger partial charge in [-0.3, -0.25) is 4.79 Å². The number of likely N-dealkylation sites (N-methyl/N-ethyl adjacent to an activating group) is 1. The van der Waals surface area contributed by atoms with E-state index in [9.17, 15) is 4.79 Å². The molecule has 0 aromatic rings. The molecule has 3 atom stereocenters. The van der Waals surface area contributed by atoms with Crippen LogP contribution in [0.4, 0.5) is 0 Å². The normalized spacial score (nSPS) is 25.9. The molecule has 1 aliphatic heterocycles. The molecule has 100 valence electrons. The summed E-state index contributed by atoms with van der Waals surface area (Å²) in [7, 11) is 3.34. The highest BCUT2D eigenvalue weighted by Gasteiger charge is 2.33. The molecule has 0 aliphatic carbocycles. The molecule has 1 N–H and O–H groups in total. The lowest BCUT2D eigenvalue weighted by Gasteiger charge is -2.30. The molecule has 0 spiro atoms. The molecule has 5 nitrogen and oxygen atoms in total. The highest BCUT2D eigenvalue weighted by Crippen LogP contribution is 2.13. The molecule has 17 heavy (non-hydrogen) atoms. The van der Waals surface area contributed by atoms with E-state index in [-0.39, 0.29) is 24.1 Å². The molecule has 5 heteroatoms. The number of hydrogen-bond acceptors (Lipinski definition) is 4. The van der Waals surface area contributed by atoms with Crippen molar-refractivity contribution in [3.05, 3.63) is 0 Å². The molecule has 1 aliphatic rings. The summed E-state index contributed by atoms with van der Waals surface area (Å²) in [5.41, 5.74) is 0. The fraction of sp³-hybridized carbons (Fsp3) is 0.917. The highest BCUT2D eigenvalue weighted by atomic mass is 16.5. The first-order chi connectivity index (χ1) is 8.13. The zero-order chi connectivity index (χ0) is 12.8. The second-order valence-electron chi connectivity index (χ2n) is 4.48. The summed E-state index contributed by atoms with van der Waals surface area (Å²) in [6.07, 6.45) is 0.909. The Morgan fingerprint density at radius 2 is 2.24 bits per heavy atom. The number of hydrogen-bond donors (Lipinski definition) is 1. The largest absolute Gasteiger partial charge is 0.383 e. The molecule has 1 saturated heterocycles. The van der Waals surface area contributed by atoms with Crippen LogP contribution in [0.5, 0.6) is 0 Å². The maximum Gasteiger partial charge on any atom is 0.240 e. The maximum atomic E-state index is 12.3. The first kappa shape index (κ1) is 14.4. The second kappa shape index (κ2) is 6.93. The predicted octanol–water partition coefficient (Wildman–Crippen LogP) is 0.247. The van der Waals surface area contributed by atoms with Crippen molar-refractivity contribution in [3.63, 3.8) is 0 Å². The highest BCUT2D eigenvalue weighted by molar-refractivity contribution is 5.82. The van der Waals surface area contributed by atoms with Crippen LogP contribution in [-0.2, 0) is 14.3 Å². The van der Waals surface area contributed by atoms with Crippen molar-refractivity contribution in [3.8, 4) is 0 Å². The van der Waals surface area contributed by atoms with Crippen LogP contribution in [0.1, 0.15) is 20.3 Å². The lowest BCUT2D eigenvalue weighted by molar-refractivity contribution is -0.136. The van der Waals surface area contributed by atoms with E-state index in [0.29, 0.717) is 13.2 Å². The summed E-state index contributed by atoms with van der Waals surface area (Å²) in [6.45, 7) is 6.03. The van der Waals surface area contributed by atoms with E-state index in [2.05, 4.69) is 5.32 Å². The van der Waals surface area contributed by atoms with Crippen molar-refractivity contribution >= 4 is 5.91 Å². The van der Waals surface area contributed by atoms with Crippen LogP contribution in [0, 0.1) is 0 Å². The summed E-state index contributed by atoms with van der Waals surface area (Å²) >= 11 is 0. The number of rotatable bonds is 6. The summed E-state index contributed by atoms with van der Waals surface area (Å²) in [5, 5.41) is 3.21. The smallest absolute Gasteiger partial charge is 0.240 e. The van der Waals surface area contributed by atoms with Gasteiger partial charge >= 0.3 is 0 Å². The molecular weight excluding hydrogens is 220 g/mol. The van der Waals surface area contributed by atoms with Crippen molar-refractivity contribution in [2.75, 3.05) is 33.9 Å². The van der Waals surface area contributed by atoms with Crippen molar-refractivity contribution < 1.29 is 14.3 Å². The minimum absolute atomic E-state index is 0.112. The monoisotopic (exact) mass is 244 g/mol. The average molecular weight is 244 g/mol. The van der Waals surface area contributed by atoms with Gasteiger partial charge in [0.15, 0.2) is 0 Å². The van der Waals surface area contributed by atoms with Gasteiger partial charge in [-0.15, -0.1) is 0 Å². The van der Waals surface area contributed by atoms with E-state index in [1.165, 1.54) is 0 Å². The Hall–Kier alpha value is -0.650. The maximum absolute atomic E-state index is 12.3. The zero-order valence-corrected chi connectivity index (χ0v) is 11.2.